The molecule has 3 rings (SSSR count). The third-order valence-electron chi connectivity index (χ3n) is 3.54. The molecule has 0 saturated heterocycles. The first-order valence-corrected chi connectivity index (χ1v) is 6.76. The van der Waals surface area contributed by atoms with E-state index in [-0.39, 0.29) is 0 Å². The molecule has 0 aliphatic heterocycles. The molecule has 0 aliphatic carbocycles. The van der Waals surface area contributed by atoms with Gasteiger partial charge in [0.15, 0.2) is 5.60 Å². The average Bonchev–Trinajstić information content (AvgIpc) is 2.56. The van der Waals surface area contributed by atoms with Crippen molar-refractivity contribution in [2.75, 3.05) is 5.73 Å². The van der Waals surface area contributed by atoms with Gasteiger partial charge in [0.1, 0.15) is 0 Å². The number of benzene rings is 2. The van der Waals surface area contributed by atoms with Crippen LogP contribution in [0.25, 0.3) is 0 Å². The summed E-state index contributed by atoms with van der Waals surface area (Å²) >= 11 is 0. The predicted molar refractivity (Wildman–Crippen MR) is 83.6 cm³/mol. The molecule has 21 heavy (non-hydrogen) atoms. The first-order valence-electron chi connectivity index (χ1n) is 6.76. The molecular formula is C18H16N2O. The molecule has 0 radical (unpaired) electrons. The first kappa shape index (κ1) is 13.3. The van der Waals surface area contributed by atoms with E-state index in [1.165, 1.54) is 0 Å². The normalized spacial score (nSPS) is 11.3. The van der Waals surface area contributed by atoms with Crippen molar-refractivity contribution in [3.05, 3.63) is 95.8 Å². The minimum atomic E-state index is -1.32. The number of aromatic nitrogens is 1. The molecule has 0 fully saturated rings. The Labute approximate surface area is 123 Å². The van der Waals surface area contributed by atoms with Crippen LogP contribution in [0.15, 0.2) is 79.0 Å². The van der Waals surface area contributed by atoms with Gasteiger partial charge >= 0.3 is 0 Å². The maximum absolute atomic E-state index is 11.4. The maximum Gasteiger partial charge on any atom is 0.157 e. The van der Waals surface area contributed by atoms with Crippen LogP contribution in [0.4, 0.5) is 5.69 Å². The van der Waals surface area contributed by atoms with E-state index >= 15 is 0 Å². The smallest absolute Gasteiger partial charge is 0.157 e. The van der Waals surface area contributed by atoms with Gasteiger partial charge in [-0.3, -0.25) is 4.98 Å². The summed E-state index contributed by atoms with van der Waals surface area (Å²) in [6, 6.07) is 22.4. The number of hydrogen-bond donors (Lipinski definition) is 2. The highest BCUT2D eigenvalue weighted by Crippen LogP contribution is 2.35. The Morgan fingerprint density at radius 2 is 1.33 bits per heavy atom. The Kier molecular flexibility index (Phi) is 3.42. The molecule has 2 aromatic carbocycles. The summed E-state index contributed by atoms with van der Waals surface area (Å²) in [5.74, 6) is 0. The molecule has 0 bridgehead atoms. The van der Waals surface area contributed by atoms with Crippen molar-refractivity contribution in [1.82, 2.24) is 4.98 Å². The van der Waals surface area contributed by atoms with Gasteiger partial charge in [-0.1, -0.05) is 60.7 Å². The van der Waals surface area contributed by atoms with Crippen molar-refractivity contribution in [2.24, 2.45) is 0 Å². The molecule has 3 nitrogen and oxygen atoms in total. The molecule has 0 spiro atoms. The minimum Gasteiger partial charge on any atom is -0.399 e. The molecule has 0 atom stereocenters. The van der Waals surface area contributed by atoms with E-state index in [4.69, 9.17) is 5.73 Å². The zero-order valence-electron chi connectivity index (χ0n) is 11.5. The molecule has 3 N–H and O–H groups in total. The van der Waals surface area contributed by atoms with Crippen molar-refractivity contribution in [3.63, 3.8) is 0 Å². The number of nitrogens with zero attached hydrogens (tertiary/aromatic N) is 1. The molecule has 1 heterocycles. The third kappa shape index (κ3) is 2.39. The van der Waals surface area contributed by atoms with Crippen LogP contribution in [-0.2, 0) is 5.60 Å². The zero-order valence-corrected chi connectivity index (χ0v) is 11.5. The number of nitrogens with two attached hydrogens (primary N) is 1. The topological polar surface area (TPSA) is 59.1 Å². The SMILES string of the molecule is Nc1ccnc(C(O)(c2ccccc2)c2ccccc2)c1. The van der Waals surface area contributed by atoms with Gasteiger partial charge in [-0.25, -0.2) is 0 Å². The van der Waals surface area contributed by atoms with Gasteiger partial charge in [-0.2, -0.15) is 0 Å². The second-order valence-corrected chi connectivity index (χ2v) is 4.92. The minimum absolute atomic E-state index is 0.514. The number of hydrogen-bond acceptors (Lipinski definition) is 3. The summed E-state index contributed by atoms with van der Waals surface area (Å²) < 4.78 is 0. The van der Waals surface area contributed by atoms with Crippen LogP contribution in [0, 0.1) is 0 Å². The summed E-state index contributed by atoms with van der Waals surface area (Å²) in [7, 11) is 0. The standard InChI is InChI=1S/C18H16N2O/c19-16-11-12-20-17(13-16)18(21,14-7-3-1-4-8-14)15-9-5-2-6-10-15/h1-13,21H,(H2,19,20). The third-order valence-corrected chi connectivity index (χ3v) is 3.54. The summed E-state index contributed by atoms with van der Waals surface area (Å²) in [5, 5.41) is 11.4. The fourth-order valence-corrected chi connectivity index (χ4v) is 2.47. The molecule has 0 amide bonds. The lowest BCUT2D eigenvalue weighted by atomic mass is 9.83. The van der Waals surface area contributed by atoms with Gasteiger partial charge < -0.3 is 10.8 Å². The highest BCUT2D eigenvalue weighted by atomic mass is 16.3. The Bertz CT molecular complexity index is 687. The quantitative estimate of drug-likeness (QED) is 0.773. The highest BCUT2D eigenvalue weighted by Gasteiger charge is 2.35. The Morgan fingerprint density at radius 1 is 0.810 bits per heavy atom. The van der Waals surface area contributed by atoms with Gasteiger partial charge in [0.05, 0.1) is 5.69 Å². The number of pyridine rings is 1. The molecule has 0 saturated carbocycles. The van der Waals surface area contributed by atoms with Crippen LogP contribution in [-0.4, -0.2) is 10.1 Å². The van der Waals surface area contributed by atoms with E-state index in [0.717, 1.165) is 11.1 Å². The molecule has 1 aromatic heterocycles. The second-order valence-electron chi connectivity index (χ2n) is 4.92. The fraction of sp³-hybridized carbons (Fsp3) is 0.0556. The monoisotopic (exact) mass is 276 g/mol. The van der Waals surface area contributed by atoms with Crippen molar-refractivity contribution in [1.29, 1.82) is 0 Å². The van der Waals surface area contributed by atoms with Crippen molar-refractivity contribution >= 4 is 5.69 Å². The van der Waals surface area contributed by atoms with Crippen molar-refractivity contribution in [2.45, 2.75) is 5.60 Å². The molecule has 0 unspecified atom stereocenters. The maximum atomic E-state index is 11.4. The number of aliphatic hydroxyl groups is 1. The lowest BCUT2D eigenvalue weighted by Gasteiger charge is -2.29. The van der Waals surface area contributed by atoms with Gasteiger partial charge in [0.25, 0.3) is 0 Å². The number of anilines is 1. The lowest BCUT2D eigenvalue weighted by Crippen LogP contribution is -2.30. The van der Waals surface area contributed by atoms with Gasteiger partial charge in [0, 0.05) is 11.9 Å². The van der Waals surface area contributed by atoms with E-state index in [9.17, 15) is 5.11 Å². The van der Waals surface area contributed by atoms with E-state index in [1.54, 1.807) is 18.3 Å². The summed E-state index contributed by atoms with van der Waals surface area (Å²) in [5.41, 5.74) is 7.14. The number of rotatable bonds is 3. The van der Waals surface area contributed by atoms with Crippen molar-refractivity contribution < 1.29 is 5.11 Å². The Morgan fingerprint density at radius 3 is 1.81 bits per heavy atom. The van der Waals surface area contributed by atoms with Crippen LogP contribution in [0.2, 0.25) is 0 Å². The van der Waals surface area contributed by atoms with Gasteiger partial charge in [-0.05, 0) is 23.3 Å². The second kappa shape index (κ2) is 5.38. The van der Waals surface area contributed by atoms with E-state index in [2.05, 4.69) is 4.98 Å². The van der Waals surface area contributed by atoms with Crippen molar-refractivity contribution in [3.8, 4) is 0 Å². The van der Waals surface area contributed by atoms with Crippen LogP contribution in [0.5, 0.6) is 0 Å². The average molecular weight is 276 g/mol. The molecular weight excluding hydrogens is 260 g/mol. The van der Waals surface area contributed by atoms with Crippen LogP contribution in [0.3, 0.4) is 0 Å². The molecule has 3 aromatic rings. The fourth-order valence-electron chi connectivity index (χ4n) is 2.47. The van der Waals surface area contributed by atoms with Gasteiger partial charge in [0.2, 0.25) is 0 Å². The van der Waals surface area contributed by atoms with Crippen LogP contribution >= 0.6 is 0 Å². The Balaban J connectivity index is 2.25. The molecule has 104 valence electrons. The summed E-state index contributed by atoms with van der Waals surface area (Å²) in [4.78, 5) is 4.33. The molecule has 3 heteroatoms. The van der Waals surface area contributed by atoms with E-state index in [0.29, 0.717) is 11.4 Å². The highest BCUT2D eigenvalue weighted by molar-refractivity contribution is 5.48. The van der Waals surface area contributed by atoms with Crippen LogP contribution < -0.4 is 5.73 Å². The van der Waals surface area contributed by atoms with Gasteiger partial charge in [-0.15, -0.1) is 0 Å². The van der Waals surface area contributed by atoms with E-state index in [1.807, 2.05) is 60.7 Å². The summed E-state index contributed by atoms with van der Waals surface area (Å²) in [6.45, 7) is 0. The predicted octanol–water partition coefficient (Wildman–Crippen LogP) is 2.95. The first-order chi connectivity index (χ1) is 10.2. The summed E-state index contributed by atoms with van der Waals surface area (Å²) in [6.07, 6.45) is 1.61. The largest absolute Gasteiger partial charge is 0.399 e. The molecule has 0 aliphatic rings. The Hall–Kier alpha value is -2.65. The lowest BCUT2D eigenvalue weighted by molar-refractivity contribution is 0.121. The zero-order chi connectivity index (χ0) is 14.7. The van der Waals surface area contributed by atoms with E-state index < -0.39 is 5.60 Å². The number of nitrogen functional groups attached to an aromatic ring is 1. The van der Waals surface area contributed by atoms with Crippen LogP contribution in [0.1, 0.15) is 16.8 Å².